The SMILES string of the molecule is NC(=O)OCCC(=O)N(C1CCCCC1)C1CCCCC1. The van der Waals surface area contributed by atoms with E-state index < -0.39 is 6.09 Å². The molecular formula is C16H28N2O3. The molecule has 5 heteroatoms. The molecule has 0 aromatic heterocycles. The first-order chi connectivity index (χ1) is 10.2. The van der Waals surface area contributed by atoms with Crippen LogP contribution in [0, 0.1) is 0 Å². The van der Waals surface area contributed by atoms with Crippen molar-refractivity contribution in [2.24, 2.45) is 5.73 Å². The van der Waals surface area contributed by atoms with Crippen molar-refractivity contribution in [1.29, 1.82) is 0 Å². The van der Waals surface area contributed by atoms with Crippen molar-refractivity contribution in [3.63, 3.8) is 0 Å². The van der Waals surface area contributed by atoms with Crippen LogP contribution in [0.3, 0.4) is 0 Å². The molecule has 0 aromatic carbocycles. The molecule has 0 saturated heterocycles. The Kier molecular flexibility index (Phi) is 6.33. The summed E-state index contributed by atoms with van der Waals surface area (Å²) >= 11 is 0. The lowest BCUT2D eigenvalue weighted by Crippen LogP contribution is -2.49. The molecule has 0 heterocycles. The van der Waals surface area contributed by atoms with Gasteiger partial charge in [0, 0.05) is 12.1 Å². The molecule has 0 unspecified atom stereocenters. The smallest absolute Gasteiger partial charge is 0.404 e. The topological polar surface area (TPSA) is 72.6 Å². The van der Waals surface area contributed by atoms with Gasteiger partial charge in [-0.1, -0.05) is 38.5 Å². The summed E-state index contributed by atoms with van der Waals surface area (Å²) in [5.41, 5.74) is 4.95. The minimum Gasteiger partial charge on any atom is -0.449 e. The lowest BCUT2D eigenvalue weighted by atomic mass is 9.88. The second-order valence-corrected chi connectivity index (χ2v) is 6.30. The molecule has 0 radical (unpaired) electrons. The number of amides is 2. The summed E-state index contributed by atoms with van der Waals surface area (Å²) in [6.07, 6.45) is 11.4. The number of carbonyl (C=O) groups excluding carboxylic acids is 2. The largest absolute Gasteiger partial charge is 0.449 e. The van der Waals surface area contributed by atoms with E-state index in [4.69, 9.17) is 10.5 Å². The maximum Gasteiger partial charge on any atom is 0.404 e. The van der Waals surface area contributed by atoms with E-state index in [1.165, 1.54) is 38.5 Å². The third-order valence-corrected chi connectivity index (χ3v) is 4.78. The van der Waals surface area contributed by atoms with E-state index in [1.807, 2.05) is 0 Å². The molecule has 0 spiro atoms. The highest BCUT2D eigenvalue weighted by atomic mass is 16.5. The Balaban J connectivity index is 1.95. The number of hydrogen-bond acceptors (Lipinski definition) is 3. The summed E-state index contributed by atoms with van der Waals surface area (Å²) in [5, 5.41) is 0. The van der Waals surface area contributed by atoms with Crippen LogP contribution in [0.2, 0.25) is 0 Å². The molecule has 0 bridgehead atoms. The molecule has 2 aliphatic rings. The maximum absolute atomic E-state index is 12.6. The zero-order chi connectivity index (χ0) is 15.1. The second kappa shape index (κ2) is 8.25. The molecule has 0 aliphatic heterocycles. The number of primary amides is 1. The number of nitrogens with two attached hydrogens (primary N) is 1. The molecule has 2 fully saturated rings. The molecule has 2 amide bonds. The molecular weight excluding hydrogens is 268 g/mol. The van der Waals surface area contributed by atoms with Gasteiger partial charge in [0.15, 0.2) is 0 Å². The average Bonchev–Trinajstić information content (AvgIpc) is 2.49. The fourth-order valence-corrected chi connectivity index (χ4v) is 3.79. The van der Waals surface area contributed by atoms with Gasteiger partial charge in [-0.25, -0.2) is 4.79 Å². The van der Waals surface area contributed by atoms with Crippen molar-refractivity contribution in [3.8, 4) is 0 Å². The van der Waals surface area contributed by atoms with Crippen LogP contribution < -0.4 is 5.73 Å². The highest BCUT2D eigenvalue weighted by Crippen LogP contribution is 2.30. The lowest BCUT2D eigenvalue weighted by Gasteiger charge is -2.41. The van der Waals surface area contributed by atoms with Crippen LogP contribution in [-0.4, -0.2) is 35.6 Å². The Bertz CT molecular complexity index is 329. The van der Waals surface area contributed by atoms with Crippen LogP contribution in [0.25, 0.3) is 0 Å². The van der Waals surface area contributed by atoms with Crippen LogP contribution in [0.1, 0.15) is 70.6 Å². The van der Waals surface area contributed by atoms with Gasteiger partial charge in [0.05, 0.1) is 6.42 Å². The number of ether oxygens (including phenoxy) is 1. The summed E-state index contributed by atoms with van der Waals surface area (Å²) in [4.78, 5) is 25.4. The van der Waals surface area contributed by atoms with Crippen molar-refractivity contribution in [2.75, 3.05) is 6.61 Å². The molecule has 2 N–H and O–H groups in total. The van der Waals surface area contributed by atoms with Gasteiger partial charge in [0.25, 0.3) is 0 Å². The Morgan fingerprint density at radius 3 is 1.81 bits per heavy atom. The van der Waals surface area contributed by atoms with Crippen LogP contribution in [0.15, 0.2) is 0 Å². The van der Waals surface area contributed by atoms with Crippen LogP contribution in [0.4, 0.5) is 4.79 Å². The fraction of sp³-hybridized carbons (Fsp3) is 0.875. The summed E-state index contributed by atoms with van der Waals surface area (Å²) in [6.45, 7) is 0.101. The van der Waals surface area contributed by atoms with Crippen molar-refractivity contribution >= 4 is 12.0 Å². The summed E-state index contributed by atoms with van der Waals surface area (Å²) in [5.74, 6) is 0.134. The van der Waals surface area contributed by atoms with E-state index in [2.05, 4.69) is 4.90 Å². The predicted octanol–water partition coefficient (Wildman–Crippen LogP) is 2.97. The first-order valence-electron chi connectivity index (χ1n) is 8.42. The Morgan fingerprint density at radius 1 is 0.905 bits per heavy atom. The number of rotatable bonds is 5. The number of nitrogens with zero attached hydrogens (tertiary/aromatic N) is 1. The average molecular weight is 296 g/mol. The molecule has 5 nitrogen and oxygen atoms in total. The quantitative estimate of drug-likeness (QED) is 0.847. The summed E-state index contributed by atoms with van der Waals surface area (Å²) in [6, 6.07) is 0.783. The number of hydrogen-bond donors (Lipinski definition) is 1. The Labute approximate surface area is 127 Å². The van der Waals surface area contributed by atoms with Crippen molar-refractivity contribution in [2.45, 2.75) is 82.7 Å². The summed E-state index contributed by atoms with van der Waals surface area (Å²) < 4.78 is 4.73. The third kappa shape index (κ3) is 4.90. The Hall–Kier alpha value is -1.26. The minimum absolute atomic E-state index is 0.101. The van der Waals surface area contributed by atoms with E-state index in [0.717, 1.165) is 25.7 Å². The third-order valence-electron chi connectivity index (χ3n) is 4.78. The van der Waals surface area contributed by atoms with Gasteiger partial charge in [0.2, 0.25) is 5.91 Å². The van der Waals surface area contributed by atoms with Gasteiger partial charge < -0.3 is 15.4 Å². The van der Waals surface area contributed by atoms with Crippen LogP contribution >= 0.6 is 0 Å². The van der Waals surface area contributed by atoms with Crippen LogP contribution in [-0.2, 0) is 9.53 Å². The van der Waals surface area contributed by atoms with E-state index in [1.54, 1.807) is 0 Å². The van der Waals surface area contributed by atoms with Crippen molar-refractivity contribution < 1.29 is 14.3 Å². The normalized spacial score (nSPS) is 21.0. The van der Waals surface area contributed by atoms with E-state index in [0.29, 0.717) is 12.1 Å². The van der Waals surface area contributed by atoms with E-state index in [-0.39, 0.29) is 18.9 Å². The first kappa shape index (κ1) is 16.1. The van der Waals surface area contributed by atoms with Crippen molar-refractivity contribution in [3.05, 3.63) is 0 Å². The van der Waals surface area contributed by atoms with Gasteiger partial charge in [-0.2, -0.15) is 0 Å². The highest BCUT2D eigenvalue weighted by Gasteiger charge is 2.32. The second-order valence-electron chi connectivity index (χ2n) is 6.30. The van der Waals surface area contributed by atoms with E-state index in [9.17, 15) is 9.59 Å². The van der Waals surface area contributed by atoms with Gasteiger partial charge in [-0.15, -0.1) is 0 Å². The van der Waals surface area contributed by atoms with E-state index >= 15 is 0 Å². The minimum atomic E-state index is -0.801. The Morgan fingerprint density at radius 2 is 1.38 bits per heavy atom. The monoisotopic (exact) mass is 296 g/mol. The predicted molar refractivity (Wildman–Crippen MR) is 80.7 cm³/mol. The molecule has 2 aliphatic carbocycles. The zero-order valence-corrected chi connectivity index (χ0v) is 12.9. The van der Waals surface area contributed by atoms with Gasteiger partial charge in [-0.05, 0) is 25.7 Å². The molecule has 21 heavy (non-hydrogen) atoms. The molecule has 0 atom stereocenters. The summed E-state index contributed by atoms with van der Waals surface area (Å²) in [7, 11) is 0. The van der Waals surface area contributed by atoms with Crippen molar-refractivity contribution in [1.82, 2.24) is 4.90 Å². The molecule has 2 rings (SSSR count). The van der Waals surface area contributed by atoms with Gasteiger partial charge in [0.1, 0.15) is 6.61 Å². The molecule has 120 valence electrons. The number of carbonyl (C=O) groups is 2. The van der Waals surface area contributed by atoms with Gasteiger partial charge in [-0.3, -0.25) is 4.79 Å². The molecule has 0 aromatic rings. The fourth-order valence-electron chi connectivity index (χ4n) is 3.79. The lowest BCUT2D eigenvalue weighted by molar-refractivity contribution is -0.138. The standard InChI is InChI=1S/C16H28N2O3/c17-16(20)21-12-11-15(19)18(13-7-3-1-4-8-13)14-9-5-2-6-10-14/h13-14H,1-12H2,(H2,17,20). The first-order valence-corrected chi connectivity index (χ1v) is 8.42. The molecule has 2 saturated carbocycles. The zero-order valence-electron chi connectivity index (χ0n) is 12.9. The maximum atomic E-state index is 12.6. The van der Waals surface area contributed by atoms with Gasteiger partial charge >= 0.3 is 6.09 Å². The van der Waals surface area contributed by atoms with Crippen LogP contribution in [0.5, 0.6) is 0 Å². The highest BCUT2D eigenvalue weighted by molar-refractivity contribution is 5.77.